The van der Waals surface area contributed by atoms with Crippen LogP contribution in [-0.4, -0.2) is 56.1 Å². The van der Waals surface area contributed by atoms with Gasteiger partial charge in [0.15, 0.2) is 0 Å². The largest absolute Gasteiger partial charge is 0.463 e. The van der Waals surface area contributed by atoms with Gasteiger partial charge in [0, 0.05) is 18.7 Å². The fourth-order valence-electron chi connectivity index (χ4n) is 4.30. The lowest BCUT2D eigenvalue weighted by molar-refractivity contribution is 0.0730. The molecule has 41 heavy (non-hydrogen) atoms. The zero-order valence-electron chi connectivity index (χ0n) is 21.3. The Hall–Kier alpha value is -4.30. The van der Waals surface area contributed by atoms with Crippen LogP contribution in [0.25, 0.3) is 21.2 Å². The fraction of sp³-hybridized carbons (Fsp3) is 0.143. The quantitative estimate of drug-likeness (QED) is 0.214. The summed E-state index contributed by atoms with van der Waals surface area (Å²) >= 11 is 1.03. The lowest BCUT2D eigenvalue weighted by atomic mass is 10.2. The molecular weight excluding hydrogens is 571 g/mol. The van der Waals surface area contributed by atoms with Crippen molar-refractivity contribution in [1.29, 1.82) is 0 Å². The van der Waals surface area contributed by atoms with Crippen molar-refractivity contribution in [3.05, 3.63) is 100 Å². The zero-order chi connectivity index (χ0) is 28.6. The van der Waals surface area contributed by atoms with Gasteiger partial charge < -0.3 is 9.15 Å². The number of carbonyl (C=O) groups is 1. The Kier molecular flexibility index (Phi) is 7.17. The number of thiazole rings is 1. The number of nitrogens with zero attached hydrogens (tertiary/aromatic N) is 4. The number of para-hydroxylation sites is 1. The van der Waals surface area contributed by atoms with Crippen LogP contribution >= 0.6 is 11.3 Å². The molecule has 0 saturated carbocycles. The number of anilines is 1. The molecule has 0 N–H and O–H groups in total. The summed E-state index contributed by atoms with van der Waals surface area (Å²) in [6, 6.07) is 16.3. The van der Waals surface area contributed by atoms with Crippen molar-refractivity contribution < 1.29 is 26.8 Å². The number of carbonyl (C=O) groups excluding carboxylic acids is 1. The number of hydrogen-bond donors (Lipinski definition) is 0. The van der Waals surface area contributed by atoms with Gasteiger partial charge in [-0.15, -0.1) is 0 Å². The lowest BCUT2D eigenvalue weighted by Gasteiger charge is -2.26. The van der Waals surface area contributed by atoms with Crippen molar-refractivity contribution in [2.75, 3.05) is 31.3 Å². The van der Waals surface area contributed by atoms with Gasteiger partial charge in [-0.1, -0.05) is 23.5 Å². The van der Waals surface area contributed by atoms with E-state index in [0.29, 0.717) is 34.4 Å². The molecule has 1 saturated heterocycles. The minimum atomic E-state index is -3.76. The van der Waals surface area contributed by atoms with E-state index in [1.165, 1.54) is 59.2 Å². The van der Waals surface area contributed by atoms with Crippen LogP contribution in [0.5, 0.6) is 0 Å². The maximum absolute atomic E-state index is 13.8. The van der Waals surface area contributed by atoms with Gasteiger partial charge in [0.2, 0.25) is 20.6 Å². The van der Waals surface area contributed by atoms with Gasteiger partial charge in [-0.2, -0.15) is 14.4 Å². The summed E-state index contributed by atoms with van der Waals surface area (Å²) in [5.74, 6) is -1.10. The Labute approximate surface area is 237 Å². The molecule has 3 heterocycles. The number of amides is 1. The molecule has 0 bridgehead atoms. The van der Waals surface area contributed by atoms with Crippen LogP contribution in [0, 0.1) is 5.82 Å². The summed E-state index contributed by atoms with van der Waals surface area (Å²) < 4.78 is 52.5. The van der Waals surface area contributed by atoms with E-state index in [4.69, 9.17) is 9.15 Å². The standard InChI is InChI=1S/C28H21FN4O6S2/c29-20-7-10-23-25(15-20)40-28(31-23)33(30-16-19-17-39-24-4-2-1-3-22(24)26(19)34)27(35)18-5-8-21(9-6-18)41(36,37)32-11-13-38-14-12-32/h1-10,15-17H,11-14H2/b30-16+. The SMILES string of the molecule is O=C(c1ccc(S(=O)(=O)N2CCOCC2)cc1)N(/N=C/c1coc2ccccc2c1=O)c1nc2ccc(F)cc2s1. The molecule has 0 aliphatic carbocycles. The van der Waals surface area contributed by atoms with Crippen LogP contribution in [0.3, 0.4) is 0 Å². The van der Waals surface area contributed by atoms with Crippen LogP contribution in [0.15, 0.2) is 92.2 Å². The van der Waals surface area contributed by atoms with Gasteiger partial charge >= 0.3 is 0 Å². The number of hydrogen-bond acceptors (Lipinski definition) is 9. The molecule has 1 fully saturated rings. The summed E-state index contributed by atoms with van der Waals surface area (Å²) in [6.07, 6.45) is 2.44. The number of hydrazone groups is 1. The molecule has 1 aliphatic rings. The van der Waals surface area contributed by atoms with Crippen molar-refractivity contribution in [2.45, 2.75) is 4.90 Å². The van der Waals surface area contributed by atoms with Crippen molar-refractivity contribution >= 4 is 59.8 Å². The molecular formula is C28H21FN4O6S2. The van der Waals surface area contributed by atoms with E-state index in [0.717, 1.165) is 16.3 Å². The van der Waals surface area contributed by atoms with Gasteiger partial charge in [0.25, 0.3) is 5.91 Å². The number of rotatable bonds is 6. The van der Waals surface area contributed by atoms with Crippen LogP contribution in [-0.2, 0) is 14.8 Å². The Morgan fingerprint density at radius 1 is 1.07 bits per heavy atom. The third-order valence-electron chi connectivity index (χ3n) is 6.44. The predicted molar refractivity (Wildman–Crippen MR) is 152 cm³/mol. The van der Waals surface area contributed by atoms with E-state index in [-0.39, 0.29) is 39.7 Å². The lowest BCUT2D eigenvalue weighted by Crippen LogP contribution is -2.40. The topological polar surface area (TPSA) is 122 Å². The number of sulfonamides is 1. The number of fused-ring (bicyclic) bond motifs is 2. The van der Waals surface area contributed by atoms with Crippen LogP contribution < -0.4 is 10.4 Å². The van der Waals surface area contributed by atoms with E-state index in [9.17, 15) is 22.4 Å². The minimum Gasteiger partial charge on any atom is -0.463 e. The van der Waals surface area contributed by atoms with Gasteiger partial charge in [-0.3, -0.25) is 9.59 Å². The number of ether oxygens (including phenoxy) is 1. The Bertz CT molecular complexity index is 1970. The third-order valence-corrected chi connectivity index (χ3v) is 9.35. The summed E-state index contributed by atoms with van der Waals surface area (Å²) in [4.78, 5) is 31.1. The molecule has 5 aromatic rings. The van der Waals surface area contributed by atoms with Gasteiger partial charge in [-0.05, 0) is 54.6 Å². The molecule has 1 amide bonds. The molecule has 10 nitrogen and oxygen atoms in total. The first-order chi connectivity index (χ1) is 19.8. The number of halogens is 1. The van der Waals surface area contributed by atoms with E-state index < -0.39 is 21.7 Å². The highest BCUT2D eigenvalue weighted by molar-refractivity contribution is 7.89. The Morgan fingerprint density at radius 3 is 2.61 bits per heavy atom. The highest BCUT2D eigenvalue weighted by Gasteiger charge is 2.27. The second-order valence-corrected chi connectivity index (χ2v) is 12.0. The van der Waals surface area contributed by atoms with E-state index in [2.05, 4.69) is 10.1 Å². The number of benzene rings is 3. The average Bonchev–Trinajstić information content (AvgIpc) is 3.41. The van der Waals surface area contributed by atoms with Crippen LogP contribution in [0.1, 0.15) is 15.9 Å². The summed E-state index contributed by atoms with van der Waals surface area (Å²) in [6.45, 7) is 1.10. The molecule has 208 valence electrons. The summed E-state index contributed by atoms with van der Waals surface area (Å²) in [7, 11) is -3.76. The van der Waals surface area contributed by atoms with E-state index >= 15 is 0 Å². The highest BCUT2D eigenvalue weighted by atomic mass is 32.2. The van der Waals surface area contributed by atoms with Gasteiger partial charge in [-0.25, -0.2) is 17.8 Å². The molecule has 6 rings (SSSR count). The van der Waals surface area contributed by atoms with Gasteiger partial charge in [0.1, 0.15) is 17.7 Å². The molecule has 13 heteroatoms. The first-order valence-electron chi connectivity index (χ1n) is 12.4. The summed E-state index contributed by atoms with van der Waals surface area (Å²) in [5, 5.41) is 5.75. The summed E-state index contributed by atoms with van der Waals surface area (Å²) in [5.41, 5.74) is 0.742. The maximum Gasteiger partial charge on any atom is 0.280 e. The first kappa shape index (κ1) is 26.9. The normalized spacial score (nSPS) is 14.7. The Morgan fingerprint density at radius 2 is 1.83 bits per heavy atom. The molecule has 3 aromatic carbocycles. The maximum atomic E-state index is 13.8. The molecule has 0 radical (unpaired) electrons. The second-order valence-electron chi connectivity index (χ2n) is 9.03. The molecule has 0 spiro atoms. The third kappa shape index (κ3) is 5.27. The van der Waals surface area contributed by atoms with E-state index in [1.54, 1.807) is 24.3 Å². The second kappa shape index (κ2) is 10.9. The fourth-order valence-corrected chi connectivity index (χ4v) is 6.65. The van der Waals surface area contributed by atoms with Crippen molar-refractivity contribution in [1.82, 2.24) is 9.29 Å². The smallest absolute Gasteiger partial charge is 0.280 e. The van der Waals surface area contributed by atoms with Gasteiger partial charge in [0.05, 0.1) is 45.5 Å². The minimum absolute atomic E-state index is 0.0373. The predicted octanol–water partition coefficient (Wildman–Crippen LogP) is 4.24. The monoisotopic (exact) mass is 592 g/mol. The van der Waals surface area contributed by atoms with Crippen molar-refractivity contribution in [2.24, 2.45) is 5.10 Å². The first-order valence-corrected chi connectivity index (χ1v) is 14.7. The molecule has 0 unspecified atom stereocenters. The average molecular weight is 593 g/mol. The molecule has 2 aromatic heterocycles. The Balaban J connectivity index is 1.37. The van der Waals surface area contributed by atoms with Crippen LogP contribution in [0.2, 0.25) is 0 Å². The van der Waals surface area contributed by atoms with Crippen molar-refractivity contribution in [3.8, 4) is 0 Å². The van der Waals surface area contributed by atoms with Crippen LogP contribution in [0.4, 0.5) is 9.52 Å². The van der Waals surface area contributed by atoms with Crippen molar-refractivity contribution in [3.63, 3.8) is 0 Å². The number of morpholine rings is 1. The number of aromatic nitrogens is 1. The molecule has 0 atom stereocenters. The zero-order valence-corrected chi connectivity index (χ0v) is 22.9. The molecule has 1 aliphatic heterocycles. The highest BCUT2D eigenvalue weighted by Crippen LogP contribution is 2.31. The van der Waals surface area contributed by atoms with E-state index in [1.807, 2.05) is 0 Å².